The maximum atomic E-state index is 10.5. The van der Waals surface area contributed by atoms with Crippen molar-refractivity contribution in [3.63, 3.8) is 0 Å². The van der Waals surface area contributed by atoms with E-state index in [4.69, 9.17) is 6.42 Å². The Morgan fingerprint density at radius 1 is 0.719 bits per heavy atom. The molecule has 4 N–H and O–H groups in total. The van der Waals surface area contributed by atoms with Gasteiger partial charge in [-0.15, -0.1) is 6.42 Å². The van der Waals surface area contributed by atoms with Crippen LogP contribution in [0, 0.1) is 12.3 Å². The Morgan fingerprint density at radius 3 is 1.12 bits per heavy atom. The summed E-state index contributed by atoms with van der Waals surface area (Å²) in [6, 6.07) is 0.906. The molecule has 4 amide bonds. The third-order valence-corrected chi connectivity index (χ3v) is 2.71. The summed E-state index contributed by atoms with van der Waals surface area (Å²) in [6.07, 6.45) is 7.19. The Hall–Kier alpha value is -2.82. The molecule has 0 aromatic carbocycles. The van der Waals surface area contributed by atoms with Gasteiger partial charge in [0.15, 0.2) is 0 Å². The van der Waals surface area contributed by atoms with E-state index in [-0.39, 0.29) is 47.8 Å². The second-order valence-corrected chi connectivity index (χ2v) is 7.79. The molecule has 0 unspecified atom stereocenters. The average molecular weight is 455 g/mol. The largest absolute Gasteiger partial charge is 0.354 e. The van der Waals surface area contributed by atoms with Crippen LogP contribution >= 0.6 is 0 Å². The van der Waals surface area contributed by atoms with Gasteiger partial charge in [0.25, 0.3) is 5.91 Å². The molecule has 0 radical (unpaired) electrons. The van der Waals surface area contributed by atoms with Gasteiger partial charge in [0.1, 0.15) is 0 Å². The van der Waals surface area contributed by atoms with E-state index in [9.17, 15) is 19.2 Å². The van der Waals surface area contributed by atoms with Crippen molar-refractivity contribution in [1.29, 1.82) is 0 Å². The molecular weight excluding hydrogens is 408 g/mol. The lowest BCUT2D eigenvalue weighted by molar-refractivity contribution is -0.122. The maximum Gasteiger partial charge on any atom is 0.295 e. The van der Waals surface area contributed by atoms with E-state index < -0.39 is 0 Å². The number of rotatable bonds is 7. The third-order valence-electron chi connectivity index (χ3n) is 2.71. The SMILES string of the molecule is C#CC(=O)NC(C)C.C=CC(=O)NC(C)C.CCC(=O)NC(C)C.CCC(=O)NC(C)C. The monoisotopic (exact) mass is 454 g/mol. The van der Waals surface area contributed by atoms with Gasteiger partial charge in [0.2, 0.25) is 17.7 Å². The Labute approximate surface area is 195 Å². The Kier molecular flexibility index (Phi) is 27.9. The number of carbonyl (C=O) groups is 4. The van der Waals surface area contributed by atoms with Gasteiger partial charge in [-0.1, -0.05) is 20.4 Å². The molecule has 0 fully saturated rings. The Bertz CT molecular complexity index is 555. The summed E-state index contributed by atoms with van der Waals surface area (Å²) in [5.74, 6) is 1.74. The zero-order valence-corrected chi connectivity index (χ0v) is 21.7. The van der Waals surface area contributed by atoms with Gasteiger partial charge in [-0.3, -0.25) is 19.2 Å². The van der Waals surface area contributed by atoms with Crippen LogP contribution in [0.4, 0.5) is 0 Å². The normalized spacial score (nSPS) is 9.03. The van der Waals surface area contributed by atoms with Crippen LogP contribution in [-0.2, 0) is 19.2 Å². The fourth-order valence-electron chi connectivity index (χ4n) is 1.50. The molecule has 0 heterocycles. The Balaban J connectivity index is -0.000000163. The quantitative estimate of drug-likeness (QED) is 0.349. The van der Waals surface area contributed by atoms with Gasteiger partial charge in [-0.2, -0.15) is 0 Å². The first-order chi connectivity index (χ1) is 14.7. The minimum atomic E-state index is -0.347. The third kappa shape index (κ3) is 41.5. The molecule has 0 aromatic rings. The molecule has 0 aliphatic carbocycles. The highest BCUT2D eigenvalue weighted by Gasteiger charge is 1.97. The number of hydrogen-bond acceptors (Lipinski definition) is 4. The maximum absolute atomic E-state index is 10.5. The predicted molar refractivity (Wildman–Crippen MR) is 133 cm³/mol. The van der Waals surface area contributed by atoms with E-state index in [1.165, 1.54) is 6.08 Å². The first-order valence-electron chi connectivity index (χ1n) is 10.9. The van der Waals surface area contributed by atoms with Crippen LogP contribution in [0.25, 0.3) is 0 Å². The molecule has 0 bridgehead atoms. The fourth-order valence-corrected chi connectivity index (χ4v) is 1.50. The first-order valence-corrected chi connectivity index (χ1v) is 10.9. The summed E-state index contributed by atoms with van der Waals surface area (Å²) < 4.78 is 0. The van der Waals surface area contributed by atoms with Crippen LogP contribution in [0.2, 0.25) is 0 Å². The number of terminal acetylenes is 1. The predicted octanol–water partition coefficient (Wildman–Crippen LogP) is 2.68. The number of nitrogens with one attached hydrogen (secondary N) is 4. The van der Waals surface area contributed by atoms with E-state index in [0.717, 1.165) is 0 Å². The smallest absolute Gasteiger partial charge is 0.295 e. The van der Waals surface area contributed by atoms with Crippen LogP contribution in [-0.4, -0.2) is 47.8 Å². The number of amides is 4. The van der Waals surface area contributed by atoms with Gasteiger partial charge in [0, 0.05) is 37.0 Å². The van der Waals surface area contributed by atoms with Gasteiger partial charge in [0.05, 0.1) is 0 Å². The second kappa shape index (κ2) is 24.4. The second-order valence-electron chi connectivity index (χ2n) is 7.79. The minimum Gasteiger partial charge on any atom is -0.354 e. The van der Waals surface area contributed by atoms with Gasteiger partial charge >= 0.3 is 0 Å². The van der Waals surface area contributed by atoms with Crippen molar-refractivity contribution in [2.75, 3.05) is 0 Å². The molecule has 8 nitrogen and oxygen atoms in total. The summed E-state index contributed by atoms with van der Waals surface area (Å²) in [5, 5.41) is 10.7. The Morgan fingerprint density at radius 2 is 1.03 bits per heavy atom. The molecule has 0 spiro atoms. The number of hydrogen-bond donors (Lipinski definition) is 4. The highest BCUT2D eigenvalue weighted by molar-refractivity contribution is 5.92. The molecule has 0 atom stereocenters. The minimum absolute atomic E-state index is 0.111. The average Bonchev–Trinajstić information content (AvgIpc) is 2.67. The lowest BCUT2D eigenvalue weighted by Crippen LogP contribution is -2.29. The number of carbonyl (C=O) groups excluding carboxylic acids is 4. The van der Waals surface area contributed by atoms with Crippen molar-refractivity contribution < 1.29 is 19.2 Å². The lowest BCUT2D eigenvalue weighted by Gasteiger charge is -2.04. The van der Waals surface area contributed by atoms with Crippen molar-refractivity contribution in [2.45, 2.75) is 106 Å². The first kappa shape index (κ1) is 36.5. The van der Waals surface area contributed by atoms with E-state index >= 15 is 0 Å². The summed E-state index contributed by atoms with van der Waals surface area (Å²) in [4.78, 5) is 41.7. The van der Waals surface area contributed by atoms with E-state index in [2.05, 4.69) is 27.8 Å². The molecule has 0 aromatic heterocycles. The van der Waals surface area contributed by atoms with Crippen molar-refractivity contribution in [2.24, 2.45) is 0 Å². The molecule has 0 aliphatic heterocycles. The lowest BCUT2D eigenvalue weighted by atomic mass is 10.3. The van der Waals surface area contributed by atoms with E-state index in [1.54, 1.807) is 0 Å². The van der Waals surface area contributed by atoms with Crippen LogP contribution in [0.1, 0.15) is 82.1 Å². The molecule has 0 rings (SSSR count). The topological polar surface area (TPSA) is 116 Å². The molecule has 0 aliphatic rings. The molecule has 0 saturated carbocycles. The van der Waals surface area contributed by atoms with Crippen LogP contribution in [0.5, 0.6) is 0 Å². The van der Waals surface area contributed by atoms with Crippen molar-refractivity contribution in [3.8, 4) is 12.3 Å². The van der Waals surface area contributed by atoms with E-state index in [1.807, 2.05) is 75.2 Å². The summed E-state index contributed by atoms with van der Waals surface area (Å²) in [6.45, 7) is 22.3. The molecule has 0 saturated heterocycles. The highest BCUT2D eigenvalue weighted by atomic mass is 16.2. The van der Waals surface area contributed by atoms with Crippen molar-refractivity contribution >= 4 is 23.6 Å². The summed E-state index contributed by atoms with van der Waals surface area (Å²) in [5.41, 5.74) is 0. The van der Waals surface area contributed by atoms with Crippen LogP contribution in [0.3, 0.4) is 0 Å². The molecule has 8 heteroatoms. The van der Waals surface area contributed by atoms with Gasteiger partial charge in [-0.05, 0) is 67.4 Å². The fraction of sp³-hybridized carbons (Fsp3) is 0.667. The summed E-state index contributed by atoms with van der Waals surface area (Å²) in [7, 11) is 0. The molecule has 32 heavy (non-hydrogen) atoms. The highest BCUT2D eigenvalue weighted by Crippen LogP contribution is 1.80. The van der Waals surface area contributed by atoms with Gasteiger partial charge < -0.3 is 21.3 Å². The van der Waals surface area contributed by atoms with E-state index in [0.29, 0.717) is 12.8 Å². The van der Waals surface area contributed by atoms with Crippen molar-refractivity contribution in [3.05, 3.63) is 12.7 Å². The zero-order valence-electron chi connectivity index (χ0n) is 21.7. The van der Waals surface area contributed by atoms with Crippen LogP contribution < -0.4 is 21.3 Å². The molecular formula is C24H46N4O4. The summed E-state index contributed by atoms with van der Waals surface area (Å²) >= 11 is 0. The van der Waals surface area contributed by atoms with Gasteiger partial charge in [-0.25, -0.2) is 0 Å². The standard InChI is InChI=1S/2C6H13NO.C6H11NO.C6H9NO/c4*1-4-6(8)7-5(2)3/h2*5H,4H2,1-3H3,(H,7,8);4-5H,1H2,2-3H3,(H,7,8);1,5H,2-3H3,(H,7,8). The van der Waals surface area contributed by atoms with Crippen LogP contribution in [0.15, 0.2) is 12.7 Å². The zero-order chi connectivity index (χ0) is 26.3. The van der Waals surface area contributed by atoms with Crippen molar-refractivity contribution in [1.82, 2.24) is 21.3 Å². The molecule has 186 valence electrons.